The van der Waals surface area contributed by atoms with Crippen LogP contribution < -0.4 is 10.2 Å². The summed E-state index contributed by atoms with van der Waals surface area (Å²) in [5, 5.41) is 2.98. The zero-order valence-corrected chi connectivity index (χ0v) is 16.0. The third-order valence-electron chi connectivity index (χ3n) is 5.31. The van der Waals surface area contributed by atoms with E-state index in [1.54, 1.807) is 19.2 Å². The van der Waals surface area contributed by atoms with Gasteiger partial charge in [0.15, 0.2) is 9.84 Å². The van der Waals surface area contributed by atoms with Crippen molar-refractivity contribution in [2.75, 3.05) is 17.7 Å². The van der Waals surface area contributed by atoms with E-state index < -0.39 is 9.84 Å². The van der Waals surface area contributed by atoms with Crippen molar-refractivity contribution in [2.45, 2.75) is 62.3 Å². The van der Waals surface area contributed by atoms with Crippen LogP contribution >= 0.6 is 0 Å². The van der Waals surface area contributed by atoms with Crippen molar-refractivity contribution < 1.29 is 18.0 Å². The average molecular weight is 378 g/mol. The number of hydrogen-bond donors (Lipinski definition) is 1. The number of sulfone groups is 1. The highest BCUT2D eigenvalue weighted by Crippen LogP contribution is 2.30. The third-order valence-corrected chi connectivity index (χ3v) is 7.02. The second kappa shape index (κ2) is 7.78. The second-order valence-electron chi connectivity index (χ2n) is 7.24. The quantitative estimate of drug-likeness (QED) is 0.796. The Morgan fingerprint density at radius 1 is 1.19 bits per heavy atom. The molecule has 7 heteroatoms. The zero-order chi connectivity index (χ0) is 18.7. The van der Waals surface area contributed by atoms with Crippen molar-refractivity contribution in [3.05, 3.63) is 23.8 Å². The van der Waals surface area contributed by atoms with Gasteiger partial charge < -0.3 is 10.2 Å². The first-order valence-corrected chi connectivity index (χ1v) is 10.9. The normalized spacial score (nSPS) is 18.5. The first kappa shape index (κ1) is 18.9. The number of nitrogens with one attached hydrogen (secondary N) is 1. The monoisotopic (exact) mass is 378 g/mol. The largest absolute Gasteiger partial charge is 0.353 e. The van der Waals surface area contributed by atoms with Gasteiger partial charge in [-0.2, -0.15) is 0 Å². The molecular formula is C19H26N2O4S. The summed E-state index contributed by atoms with van der Waals surface area (Å²) in [6.45, 7) is 0. The molecule has 2 aliphatic rings. The minimum absolute atomic E-state index is 0.0330. The van der Waals surface area contributed by atoms with Gasteiger partial charge in [0.2, 0.25) is 11.8 Å². The van der Waals surface area contributed by atoms with Crippen LogP contribution in [-0.2, 0) is 25.8 Å². The van der Waals surface area contributed by atoms with Gasteiger partial charge in [0.1, 0.15) is 0 Å². The molecule has 0 saturated heterocycles. The van der Waals surface area contributed by atoms with Crippen molar-refractivity contribution in [3.8, 4) is 0 Å². The number of fused-ring (bicyclic) bond motifs is 1. The van der Waals surface area contributed by atoms with E-state index in [1.165, 1.54) is 23.8 Å². The molecule has 1 aliphatic heterocycles. The lowest BCUT2D eigenvalue weighted by Gasteiger charge is -2.16. The van der Waals surface area contributed by atoms with Gasteiger partial charge in [-0.3, -0.25) is 9.59 Å². The smallest absolute Gasteiger partial charge is 0.231 e. The number of nitrogens with zero attached hydrogens (tertiary/aromatic N) is 1. The SMILES string of the molecule is CN1C(=O)Cc2cc(S(=O)(=O)CCC(=O)NC3CCCCCC3)ccc21. The second-order valence-corrected chi connectivity index (χ2v) is 9.35. The van der Waals surface area contributed by atoms with Crippen molar-refractivity contribution >= 4 is 27.3 Å². The van der Waals surface area contributed by atoms with Crippen LogP contribution in [0.15, 0.2) is 23.1 Å². The zero-order valence-electron chi connectivity index (χ0n) is 15.2. The van der Waals surface area contributed by atoms with Gasteiger partial charge in [-0.25, -0.2) is 8.42 Å². The molecule has 1 heterocycles. The molecule has 0 atom stereocenters. The summed E-state index contributed by atoms with van der Waals surface area (Å²) in [6, 6.07) is 4.93. The maximum absolute atomic E-state index is 12.6. The Balaban J connectivity index is 1.60. The molecule has 2 amide bonds. The number of carbonyl (C=O) groups excluding carboxylic acids is 2. The van der Waals surface area contributed by atoms with Gasteiger partial charge in [-0.15, -0.1) is 0 Å². The van der Waals surface area contributed by atoms with Crippen LogP contribution in [0.2, 0.25) is 0 Å². The number of benzene rings is 1. The number of carbonyl (C=O) groups is 2. The number of rotatable bonds is 5. The van der Waals surface area contributed by atoms with E-state index in [0.717, 1.165) is 36.9 Å². The van der Waals surface area contributed by atoms with E-state index in [-0.39, 0.29) is 41.3 Å². The van der Waals surface area contributed by atoms with Crippen LogP contribution in [0, 0.1) is 0 Å². The fourth-order valence-corrected chi connectivity index (χ4v) is 5.00. The molecule has 1 aromatic rings. The van der Waals surface area contributed by atoms with Gasteiger partial charge in [-0.05, 0) is 36.6 Å². The first-order chi connectivity index (χ1) is 12.4. The lowest BCUT2D eigenvalue weighted by molar-refractivity contribution is -0.121. The molecule has 0 aromatic heterocycles. The maximum atomic E-state index is 12.6. The number of anilines is 1. The molecular weight excluding hydrogens is 352 g/mol. The summed E-state index contributed by atoms with van der Waals surface area (Å²) < 4.78 is 25.1. The summed E-state index contributed by atoms with van der Waals surface area (Å²) in [4.78, 5) is 25.6. The summed E-state index contributed by atoms with van der Waals surface area (Å²) in [7, 11) is -1.87. The third kappa shape index (κ3) is 4.26. The van der Waals surface area contributed by atoms with Crippen LogP contribution in [0.1, 0.15) is 50.5 Å². The van der Waals surface area contributed by atoms with E-state index >= 15 is 0 Å². The average Bonchev–Trinajstić information content (AvgIpc) is 2.78. The molecule has 1 fully saturated rings. The molecule has 1 aliphatic carbocycles. The van der Waals surface area contributed by atoms with Crippen molar-refractivity contribution in [2.24, 2.45) is 0 Å². The summed E-state index contributed by atoms with van der Waals surface area (Å²) >= 11 is 0. The van der Waals surface area contributed by atoms with Gasteiger partial charge in [0.05, 0.1) is 17.1 Å². The Labute approximate surface area is 154 Å². The molecule has 1 N–H and O–H groups in total. The Bertz CT molecular complexity index is 796. The van der Waals surface area contributed by atoms with E-state index in [9.17, 15) is 18.0 Å². The molecule has 3 rings (SSSR count). The summed E-state index contributed by atoms with van der Waals surface area (Å²) in [6.07, 6.45) is 6.78. The predicted molar refractivity (Wildman–Crippen MR) is 99.9 cm³/mol. The van der Waals surface area contributed by atoms with Crippen LogP contribution in [-0.4, -0.2) is 39.1 Å². The highest BCUT2D eigenvalue weighted by molar-refractivity contribution is 7.91. The van der Waals surface area contributed by atoms with E-state index in [0.29, 0.717) is 0 Å². The van der Waals surface area contributed by atoms with Crippen LogP contribution in [0.3, 0.4) is 0 Å². The number of hydrogen-bond acceptors (Lipinski definition) is 4. The first-order valence-electron chi connectivity index (χ1n) is 9.28. The fourth-order valence-electron chi connectivity index (χ4n) is 3.71. The molecule has 0 bridgehead atoms. The lowest BCUT2D eigenvalue weighted by atomic mass is 10.1. The minimum atomic E-state index is -3.55. The molecule has 0 spiro atoms. The van der Waals surface area contributed by atoms with Crippen LogP contribution in [0.4, 0.5) is 5.69 Å². The topological polar surface area (TPSA) is 83.6 Å². The lowest BCUT2D eigenvalue weighted by Crippen LogP contribution is -2.35. The minimum Gasteiger partial charge on any atom is -0.353 e. The van der Waals surface area contributed by atoms with E-state index in [1.807, 2.05) is 0 Å². The Hall–Kier alpha value is -1.89. The predicted octanol–water partition coefficient (Wildman–Crippen LogP) is 2.21. The highest BCUT2D eigenvalue weighted by atomic mass is 32.2. The van der Waals surface area contributed by atoms with Gasteiger partial charge in [0.25, 0.3) is 0 Å². The maximum Gasteiger partial charge on any atom is 0.231 e. The molecule has 1 aromatic carbocycles. The molecule has 142 valence electrons. The molecule has 26 heavy (non-hydrogen) atoms. The molecule has 6 nitrogen and oxygen atoms in total. The van der Waals surface area contributed by atoms with Crippen LogP contribution in [0.5, 0.6) is 0 Å². The van der Waals surface area contributed by atoms with Gasteiger partial charge in [0, 0.05) is 25.2 Å². The van der Waals surface area contributed by atoms with E-state index in [2.05, 4.69) is 5.32 Å². The van der Waals surface area contributed by atoms with Gasteiger partial charge >= 0.3 is 0 Å². The molecule has 0 unspecified atom stereocenters. The number of amides is 2. The fraction of sp³-hybridized carbons (Fsp3) is 0.579. The summed E-state index contributed by atoms with van der Waals surface area (Å²) in [5.74, 6) is -0.456. The standard InChI is InChI=1S/C19H26N2O4S/c1-21-17-9-8-16(12-14(17)13-19(21)23)26(24,25)11-10-18(22)20-15-6-4-2-3-5-7-15/h8-9,12,15H,2-7,10-11,13H2,1H3,(H,20,22). The van der Waals surface area contributed by atoms with Crippen molar-refractivity contribution in [3.63, 3.8) is 0 Å². The van der Waals surface area contributed by atoms with Crippen LogP contribution in [0.25, 0.3) is 0 Å². The van der Waals surface area contributed by atoms with Crippen molar-refractivity contribution in [1.29, 1.82) is 0 Å². The molecule has 1 saturated carbocycles. The Kier molecular flexibility index (Phi) is 5.65. The van der Waals surface area contributed by atoms with Crippen molar-refractivity contribution in [1.82, 2.24) is 5.32 Å². The Morgan fingerprint density at radius 3 is 2.58 bits per heavy atom. The Morgan fingerprint density at radius 2 is 1.88 bits per heavy atom. The number of likely N-dealkylation sites (N-methyl/N-ethyl adjacent to an activating group) is 1. The molecule has 0 radical (unpaired) electrons. The highest BCUT2D eigenvalue weighted by Gasteiger charge is 2.26. The van der Waals surface area contributed by atoms with Gasteiger partial charge in [-0.1, -0.05) is 25.7 Å². The summed E-state index contributed by atoms with van der Waals surface area (Å²) in [5.41, 5.74) is 1.47. The van der Waals surface area contributed by atoms with E-state index in [4.69, 9.17) is 0 Å².